The minimum atomic E-state index is -0.0423. The van der Waals surface area contributed by atoms with Gasteiger partial charge in [0.1, 0.15) is 22.3 Å². The predicted octanol–water partition coefficient (Wildman–Crippen LogP) is 9.61. The summed E-state index contributed by atoms with van der Waals surface area (Å²) in [6, 6.07) is 42.7. The van der Waals surface area contributed by atoms with Crippen LogP contribution in [0.15, 0.2) is 141 Å². The molecule has 0 saturated heterocycles. The van der Waals surface area contributed by atoms with Crippen molar-refractivity contribution >= 4 is 65.6 Å². The molecule has 3 aromatic heterocycles. The van der Waals surface area contributed by atoms with E-state index >= 15 is 0 Å². The van der Waals surface area contributed by atoms with E-state index in [1.165, 1.54) is 0 Å². The van der Waals surface area contributed by atoms with Gasteiger partial charge in [0.15, 0.2) is 0 Å². The van der Waals surface area contributed by atoms with E-state index < -0.39 is 0 Å². The number of hydrogen-bond acceptors (Lipinski definition) is 3. The topological polar surface area (TPSA) is 48.3 Å². The molecule has 41 heavy (non-hydrogen) atoms. The molecule has 4 nitrogen and oxygen atoms in total. The summed E-state index contributed by atoms with van der Waals surface area (Å²) in [4.78, 5) is 14.0. The lowest BCUT2D eigenvalue weighted by atomic mass is 9.98. The van der Waals surface area contributed by atoms with Gasteiger partial charge in [-0.15, -0.1) is 0 Å². The van der Waals surface area contributed by atoms with Crippen molar-refractivity contribution in [1.82, 2.24) is 4.57 Å². The highest BCUT2D eigenvalue weighted by Gasteiger charge is 2.16. The number of benzene rings is 6. The van der Waals surface area contributed by atoms with Gasteiger partial charge >= 0.3 is 0 Å². The Morgan fingerprint density at radius 1 is 0.415 bits per heavy atom. The first-order valence-electron chi connectivity index (χ1n) is 13.6. The molecule has 9 rings (SSSR count). The first-order valence-corrected chi connectivity index (χ1v) is 13.6. The smallest absolute Gasteiger partial charge is 0.263 e. The predicted molar refractivity (Wildman–Crippen MR) is 167 cm³/mol. The fourth-order valence-electron chi connectivity index (χ4n) is 6.28. The van der Waals surface area contributed by atoms with E-state index in [0.29, 0.717) is 5.39 Å². The van der Waals surface area contributed by atoms with Crippen molar-refractivity contribution in [3.63, 3.8) is 0 Å². The fraction of sp³-hybridized carbons (Fsp3) is 0. The maximum absolute atomic E-state index is 14.0. The van der Waals surface area contributed by atoms with Gasteiger partial charge in [-0.05, 0) is 77.2 Å². The summed E-state index contributed by atoms with van der Waals surface area (Å²) in [5.74, 6) is 0. The summed E-state index contributed by atoms with van der Waals surface area (Å²) in [6.07, 6.45) is 0. The van der Waals surface area contributed by atoms with Crippen molar-refractivity contribution in [2.75, 3.05) is 0 Å². The molecule has 192 valence electrons. The number of hydrogen-bond donors (Lipinski definition) is 0. The average molecular weight is 528 g/mol. The van der Waals surface area contributed by atoms with Gasteiger partial charge < -0.3 is 8.83 Å². The lowest BCUT2D eigenvalue weighted by molar-refractivity contribution is 0.668. The number of rotatable bonds is 2. The maximum atomic E-state index is 14.0. The van der Waals surface area contributed by atoms with E-state index in [0.717, 1.165) is 77.0 Å². The Balaban J connectivity index is 1.31. The Morgan fingerprint density at radius 2 is 0.927 bits per heavy atom. The van der Waals surface area contributed by atoms with Crippen molar-refractivity contribution in [3.8, 4) is 16.8 Å². The molecular weight excluding hydrogens is 506 g/mol. The van der Waals surface area contributed by atoms with Crippen LogP contribution in [0.1, 0.15) is 0 Å². The highest BCUT2D eigenvalue weighted by atomic mass is 16.3. The zero-order valence-electron chi connectivity index (χ0n) is 21.8. The third-order valence-corrected chi connectivity index (χ3v) is 8.22. The highest BCUT2D eigenvalue weighted by Crippen LogP contribution is 2.36. The third kappa shape index (κ3) is 3.19. The molecular formula is C37H21NO3. The number of furan rings is 2. The van der Waals surface area contributed by atoms with E-state index in [2.05, 4.69) is 48.5 Å². The summed E-state index contributed by atoms with van der Waals surface area (Å²) in [7, 11) is 0. The van der Waals surface area contributed by atoms with Gasteiger partial charge in [0.25, 0.3) is 5.56 Å². The van der Waals surface area contributed by atoms with E-state index in [-0.39, 0.29) is 5.56 Å². The number of aromatic nitrogens is 1. The van der Waals surface area contributed by atoms with E-state index in [1.54, 1.807) is 0 Å². The number of pyridine rings is 1. The molecule has 0 amide bonds. The quantitative estimate of drug-likeness (QED) is 0.210. The standard InChI is InChI=1S/C37H21NO3/c39-37-28-10-2-1-7-25(28)29-19-22(23-14-17-35-30(20-23)26-8-3-5-11-33(26)40-35)13-16-32(29)38(37)24-15-18-36-31(21-24)27-9-4-6-12-34(27)41-36/h1-21H. The van der Waals surface area contributed by atoms with E-state index in [1.807, 2.05) is 83.4 Å². The number of para-hydroxylation sites is 2. The van der Waals surface area contributed by atoms with Gasteiger partial charge in [0.2, 0.25) is 0 Å². The van der Waals surface area contributed by atoms with Crippen molar-refractivity contribution in [2.24, 2.45) is 0 Å². The molecule has 3 heterocycles. The highest BCUT2D eigenvalue weighted by molar-refractivity contribution is 6.10. The molecule has 0 aliphatic carbocycles. The first-order chi connectivity index (χ1) is 20.2. The molecule has 0 saturated carbocycles. The van der Waals surface area contributed by atoms with Gasteiger partial charge in [-0.1, -0.05) is 66.7 Å². The molecule has 0 fully saturated rings. The van der Waals surface area contributed by atoms with Crippen molar-refractivity contribution in [1.29, 1.82) is 0 Å². The van der Waals surface area contributed by atoms with Crippen molar-refractivity contribution < 1.29 is 8.83 Å². The van der Waals surface area contributed by atoms with Gasteiger partial charge in [-0.3, -0.25) is 9.36 Å². The van der Waals surface area contributed by atoms with Gasteiger partial charge in [0.05, 0.1) is 11.2 Å². The monoisotopic (exact) mass is 527 g/mol. The minimum Gasteiger partial charge on any atom is -0.456 e. The van der Waals surface area contributed by atoms with Crippen molar-refractivity contribution in [2.45, 2.75) is 0 Å². The van der Waals surface area contributed by atoms with Crippen LogP contribution in [0, 0.1) is 0 Å². The lowest BCUT2D eigenvalue weighted by Gasteiger charge is -2.15. The van der Waals surface area contributed by atoms with Gasteiger partial charge in [-0.25, -0.2) is 0 Å². The zero-order chi connectivity index (χ0) is 27.1. The van der Waals surface area contributed by atoms with Crippen LogP contribution < -0.4 is 5.56 Å². The summed E-state index contributed by atoms with van der Waals surface area (Å²) in [6.45, 7) is 0. The van der Waals surface area contributed by atoms with Crippen LogP contribution in [0.3, 0.4) is 0 Å². The molecule has 6 aromatic carbocycles. The molecule has 0 bridgehead atoms. The lowest BCUT2D eigenvalue weighted by Crippen LogP contribution is -2.19. The molecule has 0 radical (unpaired) electrons. The summed E-state index contributed by atoms with van der Waals surface area (Å²) in [5.41, 5.74) is 7.20. The molecule has 0 aliphatic heterocycles. The molecule has 9 aromatic rings. The van der Waals surface area contributed by atoms with Crippen LogP contribution in [0.25, 0.3) is 82.4 Å². The second-order valence-corrected chi connectivity index (χ2v) is 10.5. The van der Waals surface area contributed by atoms with Crippen LogP contribution >= 0.6 is 0 Å². The Morgan fingerprint density at radius 3 is 1.63 bits per heavy atom. The van der Waals surface area contributed by atoms with Crippen LogP contribution in [-0.2, 0) is 0 Å². The van der Waals surface area contributed by atoms with E-state index in [4.69, 9.17) is 8.83 Å². The minimum absolute atomic E-state index is 0.0423. The van der Waals surface area contributed by atoms with Crippen LogP contribution in [0.4, 0.5) is 0 Å². The summed E-state index contributed by atoms with van der Waals surface area (Å²) in [5, 5.41) is 6.86. The molecule has 0 spiro atoms. The molecule has 0 N–H and O–H groups in total. The summed E-state index contributed by atoms with van der Waals surface area (Å²) < 4.78 is 13.9. The second-order valence-electron chi connectivity index (χ2n) is 10.5. The Kier molecular flexibility index (Phi) is 4.44. The Hall–Kier alpha value is -5.61. The van der Waals surface area contributed by atoms with E-state index in [9.17, 15) is 4.79 Å². The van der Waals surface area contributed by atoms with Crippen LogP contribution in [0.5, 0.6) is 0 Å². The number of fused-ring (bicyclic) bond motifs is 9. The third-order valence-electron chi connectivity index (χ3n) is 8.22. The van der Waals surface area contributed by atoms with Crippen LogP contribution in [-0.4, -0.2) is 4.57 Å². The van der Waals surface area contributed by atoms with Crippen LogP contribution in [0.2, 0.25) is 0 Å². The number of nitrogens with zero attached hydrogens (tertiary/aromatic N) is 1. The van der Waals surface area contributed by atoms with Gasteiger partial charge in [0, 0.05) is 32.3 Å². The summed E-state index contributed by atoms with van der Waals surface area (Å²) >= 11 is 0. The molecule has 0 aliphatic rings. The largest absolute Gasteiger partial charge is 0.456 e. The maximum Gasteiger partial charge on any atom is 0.263 e. The Bertz CT molecular complexity index is 2560. The van der Waals surface area contributed by atoms with Gasteiger partial charge in [-0.2, -0.15) is 0 Å². The molecule has 0 atom stereocenters. The normalized spacial score (nSPS) is 12.0. The zero-order valence-corrected chi connectivity index (χ0v) is 21.8. The Labute approximate surface area is 233 Å². The average Bonchev–Trinajstić information content (AvgIpc) is 3.59. The fourth-order valence-corrected chi connectivity index (χ4v) is 6.28. The molecule has 0 unspecified atom stereocenters. The molecule has 4 heteroatoms. The second kappa shape index (κ2) is 8.20. The SMILES string of the molecule is O=c1c2ccccc2c2cc(-c3ccc4oc5ccccc5c4c3)ccc2n1-c1ccc2oc3ccccc3c2c1. The van der Waals surface area contributed by atoms with Crippen molar-refractivity contribution in [3.05, 3.63) is 138 Å². The first kappa shape index (κ1) is 22.2.